The highest BCUT2D eigenvalue weighted by molar-refractivity contribution is 5.66. The van der Waals surface area contributed by atoms with Crippen LogP contribution in [0.15, 0.2) is 48.5 Å². The zero-order chi connectivity index (χ0) is 14.5. The first-order chi connectivity index (χ1) is 10.4. The van der Waals surface area contributed by atoms with Gasteiger partial charge in [-0.2, -0.15) is 0 Å². The SMILES string of the molecule is NCCNC1CCCOc2ccc(-c3ccccc3)cc21. The molecule has 21 heavy (non-hydrogen) atoms. The summed E-state index contributed by atoms with van der Waals surface area (Å²) in [6.07, 6.45) is 2.16. The highest BCUT2D eigenvalue weighted by Crippen LogP contribution is 2.34. The molecule has 2 aromatic carbocycles. The molecule has 3 heteroatoms. The highest BCUT2D eigenvalue weighted by atomic mass is 16.5. The van der Waals surface area contributed by atoms with E-state index < -0.39 is 0 Å². The molecule has 0 aliphatic carbocycles. The van der Waals surface area contributed by atoms with Gasteiger partial charge < -0.3 is 15.8 Å². The maximum Gasteiger partial charge on any atom is 0.124 e. The van der Waals surface area contributed by atoms with Gasteiger partial charge in [0.2, 0.25) is 0 Å². The molecule has 1 atom stereocenters. The van der Waals surface area contributed by atoms with Crippen LogP contribution in [0.25, 0.3) is 11.1 Å². The number of ether oxygens (including phenoxy) is 1. The number of nitrogens with two attached hydrogens (primary N) is 1. The number of hydrogen-bond acceptors (Lipinski definition) is 3. The van der Waals surface area contributed by atoms with Crippen molar-refractivity contribution in [1.29, 1.82) is 0 Å². The van der Waals surface area contributed by atoms with Gasteiger partial charge in [-0.25, -0.2) is 0 Å². The summed E-state index contributed by atoms with van der Waals surface area (Å²) in [6.45, 7) is 2.28. The van der Waals surface area contributed by atoms with Crippen LogP contribution in [-0.4, -0.2) is 19.7 Å². The molecule has 0 aromatic heterocycles. The molecule has 2 aromatic rings. The summed E-state index contributed by atoms with van der Waals surface area (Å²) in [4.78, 5) is 0. The van der Waals surface area contributed by atoms with E-state index in [0.29, 0.717) is 12.6 Å². The van der Waals surface area contributed by atoms with Crippen molar-refractivity contribution < 1.29 is 4.74 Å². The normalized spacial score (nSPS) is 17.7. The molecule has 0 saturated heterocycles. The third kappa shape index (κ3) is 3.26. The largest absolute Gasteiger partial charge is 0.493 e. The molecule has 1 aliphatic heterocycles. The monoisotopic (exact) mass is 282 g/mol. The van der Waals surface area contributed by atoms with Crippen LogP contribution in [0.4, 0.5) is 0 Å². The van der Waals surface area contributed by atoms with Crippen LogP contribution in [0.3, 0.4) is 0 Å². The van der Waals surface area contributed by atoms with Crippen molar-refractivity contribution in [3.05, 3.63) is 54.1 Å². The molecule has 1 unspecified atom stereocenters. The molecular formula is C18H22N2O. The standard InChI is InChI=1S/C18H22N2O/c19-10-11-20-17-7-4-12-21-18-9-8-15(13-16(17)18)14-5-2-1-3-6-14/h1-3,5-6,8-9,13,17,20H,4,7,10-12,19H2. The zero-order valence-corrected chi connectivity index (χ0v) is 12.2. The summed E-state index contributed by atoms with van der Waals surface area (Å²) in [5.41, 5.74) is 9.36. The second-order valence-corrected chi connectivity index (χ2v) is 5.40. The molecule has 3 N–H and O–H groups in total. The van der Waals surface area contributed by atoms with E-state index in [1.165, 1.54) is 16.7 Å². The van der Waals surface area contributed by atoms with Crippen LogP contribution in [0.2, 0.25) is 0 Å². The van der Waals surface area contributed by atoms with E-state index in [-0.39, 0.29) is 0 Å². The summed E-state index contributed by atoms with van der Waals surface area (Å²) in [5, 5.41) is 3.54. The molecule has 0 amide bonds. The average Bonchev–Trinajstić information content (AvgIpc) is 2.75. The van der Waals surface area contributed by atoms with E-state index in [1.807, 2.05) is 6.07 Å². The fourth-order valence-electron chi connectivity index (χ4n) is 2.86. The highest BCUT2D eigenvalue weighted by Gasteiger charge is 2.19. The number of benzene rings is 2. The topological polar surface area (TPSA) is 47.3 Å². The van der Waals surface area contributed by atoms with Gasteiger partial charge in [0.15, 0.2) is 0 Å². The Balaban J connectivity index is 1.95. The Labute approximate surface area is 126 Å². The Morgan fingerprint density at radius 2 is 1.95 bits per heavy atom. The summed E-state index contributed by atoms with van der Waals surface area (Å²) in [7, 11) is 0. The Hall–Kier alpha value is -1.84. The van der Waals surface area contributed by atoms with Crippen molar-refractivity contribution in [2.45, 2.75) is 18.9 Å². The van der Waals surface area contributed by atoms with Crippen LogP contribution >= 0.6 is 0 Å². The molecule has 0 bridgehead atoms. The molecule has 0 saturated carbocycles. The average molecular weight is 282 g/mol. The first-order valence-electron chi connectivity index (χ1n) is 7.64. The number of hydrogen-bond donors (Lipinski definition) is 2. The van der Waals surface area contributed by atoms with Gasteiger partial charge in [-0.1, -0.05) is 36.4 Å². The van der Waals surface area contributed by atoms with Crippen LogP contribution in [0, 0.1) is 0 Å². The molecule has 1 aliphatic rings. The number of rotatable bonds is 4. The van der Waals surface area contributed by atoms with E-state index in [2.05, 4.69) is 47.8 Å². The van der Waals surface area contributed by atoms with Crippen molar-refractivity contribution in [2.75, 3.05) is 19.7 Å². The Kier molecular flexibility index (Phi) is 4.53. The summed E-state index contributed by atoms with van der Waals surface area (Å²) in [6, 6.07) is 17.3. The van der Waals surface area contributed by atoms with Gasteiger partial charge >= 0.3 is 0 Å². The second kappa shape index (κ2) is 6.74. The molecule has 3 nitrogen and oxygen atoms in total. The molecule has 1 heterocycles. The smallest absolute Gasteiger partial charge is 0.124 e. The summed E-state index contributed by atoms with van der Waals surface area (Å²) < 4.78 is 5.88. The number of fused-ring (bicyclic) bond motifs is 1. The fraction of sp³-hybridized carbons (Fsp3) is 0.333. The molecule has 3 rings (SSSR count). The van der Waals surface area contributed by atoms with E-state index >= 15 is 0 Å². The first kappa shape index (κ1) is 14.1. The molecule has 0 spiro atoms. The van der Waals surface area contributed by atoms with Gasteiger partial charge in [0.05, 0.1) is 6.61 Å². The van der Waals surface area contributed by atoms with Crippen molar-refractivity contribution in [2.24, 2.45) is 5.73 Å². The van der Waals surface area contributed by atoms with E-state index in [1.54, 1.807) is 0 Å². The van der Waals surface area contributed by atoms with Gasteiger partial charge in [0.1, 0.15) is 5.75 Å². The van der Waals surface area contributed by atoms with Crippen molar-refractivity contribution in [3.63, 3.8) is 0 Å². The third-order valence-corrected chi connectivity index (χ3v) is 3.92. The van der Waals surface area contributed by atoms with Crippen molar-refractivity contribution in [1.82, 2.24) is 5.32 Å². The minimum atomic E-state index is 0.328. The zero-order valence-electron chi connectivity index (χ0n) is 12.2. The van der Waals surface area contributed by atoms with E-state index in [0.717, 1.165) is 31.7 Å². The minimum Gasteiger partial charge on any atom is -0.493 e. The fourth-order valence-corrected chi connectivity index (χ4v) is 2.86. The van der Waals surface area contributed by atoms with Crippen molar-refractivity contribution >= 4 is 0 Å². The molecule has 110 valence electrons. The Bertz CT molecular complexity index is 583. The summed E-state index contributed by atoms with van der Waals surface area (Å²) in [5.74, 6) is 1.00. The quantitative estimate of drug-likeness (QED) is 0.906. The van der Waals surface area contributed by atoms with E-state index in [4.69, 9.17) is 10.5 Å². The predicted molar refractivity (Wildman–Crippen MR) is 86.4 cm³/mol. The van der Waals surface area contributed by atoms with Gasteiger partial charge in [0, 0.05) is 24.7 Å². The molecule has 0 radical (unpaired) electrons. The van der Waals surface area contributed by atoms with Gasteiger partial charge in [-0.05, 0) is 36.1 Å². The van der Waals surface area contributed by atoms with Crippen LogP contribution in [0.1, 0.15) is 24.4 Å². The second-order valence-electron chi connectivity index (χ2n) is 5.40. The summed E-state index contributed by atoms with van der Waals surface area (Å²) >= 11 is 0. The van der Waals surface area contributed by atoms with Crippen LogP contribution in [-0.2, 0) is 0 Å². The Morgan fingerprint density at radius 3 is 2.76 bits per heavy atom. The maximum absolute atomic E-state index is 5.88. The lowest BCUT2D eigenvalue weighted by atomic mass is 9.96. The number of nitrogens with one attached hydrogen (secondary N) is 1. The maximum atomic E-state index is 5.88. The van der Waals surface area contributed by atoms with Gasteiger partial charge in [-0.3, -0.25) is 0 Å². The Morgan fingerprint density at radius 1 is 1.10 bits per heavy atom. The lowest BCUT2D eigenvalue weighted by molar-refractivity contribution is 0.315. The molecule has 0 fully saturated rings. The predicted octanol–water partition coefficient (Wildman–Crippen LogP) is 3.12. The van der Waals surface area contributed by atoms with Crippen molar-refractivity contribution in [3.8, 4) is 16.9 Å². The van der Waals surface area contributed by atoms with Gasteiger partial charge in [0.25, 0.3) is 0 Å². The lowest BCUT2D eigenvalue weighted by Gasteiger charge is -2.19. The lowest BCUT2D eigenvalue weighted by Crippen LogP contribution is -2.27. The molecular weight excluding hydrogens is 260 g/mol. The minimum absolute atomic E-state index is 0.328. The van der Waals surface area contributed by atoms with Gasteiger partial charge in [-0.15, -0.1) is 0 Å². The third-order valence-electron chi connectivity index (χ3n) is 3.92. The first-order valence-corrected chi connectivity index (χ1v) is 7.64. The van der Waals surface area contributed by atoms with Crippen LogP contribution in [0.5, 0.6) is 5.75 Å². The van der Waals surface area contributed by atoms with Crippen LogP contribution < -0.4 is 15.8 Å². The van der Waals surface area contributed by atoms with E-state index in [9.17, 15) is 0 Å².